The first-order chi connectivity index (χ1) is 9.85. The van der Waals surface area contributed by atoms with E-state index in [2.05, 4.69) is 72.9 Å². The third kappa shape index (κ3) is 3.16. The van der Waals surface area contributed by atoms with Gasteiger partial charge < -0.3 is 5.32 Å². The van der Waals surface area contributed by atoms with Gasteiger partial charge in [0.1, 0.15) is 5.54 Å². The SMILES string of the molecule is Br.CCSC1=NCC(c2ccccc2)(c2ccccc2)N1. The molecule has 0 amide bonds. The van der Waals surface area contributed by atoms with Gasteiger partial charge in [0.05, 0.1) is 6.54 Å². The van der Waals surface area contributed by atoms with Crippen molar-refractivity contribution in [2.24, 2.45) is 4.99 Å². The van der Waals surface area contributed by atoms with Gasteiger partial charge in [0.15, 0.2) is 5.17 Å². The van der Waals surface area contributed by atoms with E-state index in [9.17, 15) is 0 Å². The second-order valence-electron chi connectivity index (χ2n) is 4.82. The number of rotatable bonds is 3. The average molecular weight is 363 g/mol. The van der Waals surface area contributed by atoms with Crippen molar-refractivity contribution < 1.29 is 0 Å². The fourth-order valence-corrected chi connectivity index (χ4v) is 3.29. The smallest absolute Gasteiger partial charge is 0.157 e. The molecule has 3 rings (SSSR count). The van der Waals surface area contributed by atoms with Crippen LogP contribution in [0.3, 0.4) is 0 Å². The Morgan fingerprint density at radius 2 is 1.52 bits per heavy atom. The highest BCUT2D eigenvalue weighted by Crippen LogP contribution is 2.34. The van der Waals surface area contributed by atoms with Crippen molar-refractivity contribution >= 4 is 33.9 Å². The zero-order valence-corrected chi connectivity index (χ0v) is 14.5. The van der Waals surface area contributed by atoms with E-state index >= 15 is 0 Å². The summed E-state index contributed by atoms with van der Waals surface area (Å²) in [4.78, 5) is 4.70. The normalized spacial score (nSPS) is 15.8. The average Bonchev–Trinajstić information content (AvgIpc) is 2.95. The van der Waals surface area contributed by atoms with Crippen LogP contribution in [-0.4, -0.2) is 17.5 Å². The molecule has 0 unspecified atom stereocenters. The molecule has 1 aliphatic rings. The van der Waals surface area contributed by atoms with Gasteiger partial charge in [-0.1, -0.05) is 79.3 Å². The third-order valence-electron chi connectivity index (χ3n) is 3.59. The third-order valence-corrected chi connectivity index (χ3v) is 4.39. The lowest BCUT2D eigenvalue weighted by atomic mass is 9.83. The number of hydrogen-bond donors (Lipinski definition) is 1. The van der Waals surface area contributed by atoms with Gasteiger partial charge in [0, 0.05) is 0 Å². The van der Waals surface area contributed by atoms with Gasteiger partial charge in [-0.25, -0.2) is 0 Å². The maximum atomic E-state index is 4.70. The van der Waals surface area contributed by atoms with Gasteiger partial charge >= 0.3 is 0 Å². The van der Waals surface area contributed by atoms with Crippen LogP contribution < -0.4 is 5.32 Å². The molecule has 0 saturated carbocycles. The van der Waals surface area contributed by atoms with E-state index in [1.165, 1.54) is 11.1 Å². The minimum Gasteiger partial charge on any atom is -0.350 e. The molecule has 2 nitrogen and oxygen atoms in total. The number of benzene rings is 2. The molecule has 110 valence electrons. The van der Waals surface area contributed by atoms with Crippen molar-refractivity contribution in [3.8, 4) is 0 Å². The van der Waals surface area contributed by atoms with Crippen LogP contribution in [0.4, 0.5) is 0 Å². The lowest BCUT2D eigenvalue weighted by molar-refractivity contribution is 0.526. The van der Waals surface area contributed by atoms with Crippen LogP contribution in [0.2, 0.25) is 0 Å². The first-order valence-electron chi connectivity index (χ1n) is 6.91. The van der Waals surface area contributed by atoms with Gasteiger partial charge in [0.25, 0.3) is 0 Å². The van der Waals surface area contributed by atoms with E-state index in [-0.39, 0.29) is 22.5 Å². The second-order valence-corrected chi connectivity index (χ2v) is 6.07. The molecular weight excluding hydrogens is 344 g/mol. The van der Waals surface area contributed by atoms with Gasteiger partial charge in [-0.15, -0.1) is 17.0 Å². The van der Waals surface area contributed by atoms with E-state index in [0.717, 1.165) is 17.5 Å². The largest absolute Gasteiger partial charge is 0.350 e. The van der Waals surface area contributed by atoms with Crippen molar-refractivity contribution in [1.82, 2.24) is 5.32 Å². The molecule has 1 N–H and O–H groups in total. The van der Waals surface area contributed by atoms with Crippen LogP contribution in [0, 0.1) is 0 Å². The fraction of sp³-hybridized carbons (Fsp3) is 0.235. The van der Waals surface area contributed by atoms with Gasteiger partial charge in [0.2, 0.25) is 0 Å². The van der Waals surface area contributed by atoms with Gasteiger partial charge in [-0.3, -0.25) is 4.99 Å². The number of hydrogen-bond acceptors (Lipinski definition) is 3. The summed E-state index contributed by atoms with van der Waals surface area (Å²) in [5.41, 5.74) is 2.31. The summed E-state index contributed by atoms with van der Waals surface area (Å²) < 4.78 is 0. The highest BCUT2D eigenvalue weighted by atomic mass is 79.9. The van der Waals surface area contributed by atoms with Crippen LogP contribution in [0.15, 0.2) is 65.7 Å². The highest BCUT2D eigenvalue weighted by molar-refractivity contribution is 8.93. The number of amidine groups is 1. The molecule has 1 heterocycles. The number of thioether (sulfide) groups is 1. The molecule has 2 aromatic carbocycles. The standard InChI is InChI=1S/C17H18N2S.BrH/c1-2-20-16-18-13-17(19-16,14-9-5-3-6-10-14)15-11-7-4-8-12-15;/h3-12H,2,13H2,1H3,(H,18,19);1H. The highest BCUT2D eigenvalue weighted by Gasteiger charge is 2.38. The zero-order valence-electron chi connectivity index (χ0n) is 12.0. The maximum absolute atomic E-state index is 4.70. The van der Waals surface area contributed by atoms with Crippen LogP contribution in [0.25, 0.3) is 0 Å². The molecule has 1 aliphatic heterocycles. The molecule has 0 atom stereocenters. The predicted octanol–water partition coefficient (Wildman–Crippen LogP) is 4.22. The van der Waals surface area contributed by atoms with Gasteiger partial charge in [-0.05, 0) is 16.9 Å². The van der Waals surface area contributed by atoms with Crippen molar-refractivity contribution in [3.63, 3.8) is 0 Å². The van der Waals surface area contributed by atoms with Gasteiger partial charge in [-0.2, -0.15) is 0 Å². The fourth-order valence-electron chi connectivity index (χ4n) is 2.61. The Kier molecular flexibility index (Phi) is 5.48. The van der Waals surface area contributed by atoms with E-state index in [1.807, 2.05) is 0 Å². The number of nitrogens with zero attached hydrogens (tertiary/aromatic N) is 1. The number of halogens is 1. The summed E-state index contributed by atoms with van der Waals surface area (Å²) in [5, 5.41) is 4.69. The van der Waals surface area contributed by atoms with Crippen molar-refractivity contribution in [3.05, 3.63) is 71.8 Å². The summed E-state index contributed by atoms with van der Waals surface area (Å²) in [6.45, 7) is 2.91. The summed E-state index contributed by atoms with van der Waals surface area (Å²) >= 11 is 1.77. The lowest BCUT2D eigenvalue weighted by Gasteiger charge is -2.31. The molecular formula is C17H19BrN2S. The summed E-state index contributed by atoms with van der Waals surface area (Å²) in [6.07, 6.45) is 0. The summed E-state index contributed by atoms with van der Waals surface area (Å²) in [6, 6.07) is 21.2. The molecule has 2 aromatic rings. The van der Waals surface area contributed by atoms with Crippen LogP contribution in [0.1, 0.15) is 18.1 Å². The minimum atomic E-state index is -0.222. The number of nitrogens with one attached hydrogen (secondary N) is 1. The molecule has 21 heavy (non-hydrogen) atoms. The first kappa shape index (κ1) is 16.1. The first-order valence-corrected chi connectivity index (χ1v) is 7.90. The Balaban J connectivity index is 0.00000161. The number of aliphatic imine (C=N–C) groups is 1. The topological polar surface area (TPSA) is 24.4 Å². The quantitative estimate of drug-likeness (QED) is 0.883. The minimum absolute atomic E-state index is 0. The van der Waals surface area contributed by atoms with Crippen LogP contribution >= 0.6 is 28.7 Å². The van der Waals surface area contributed by atoms with Crippen molar-refractivity contribution in [1.29, 1.82) is 0 Å². The van der Waals surface area contributed by atoms with E-state index < -0.39 is 0 Å². The lowest BCUT2D eigenvalue weighted by Crippen LogP contribution is -2.43. The van der Waals surface area contributed by atoms with Crippen molar-refractivity contribution in [2.75, 3.05) is 12.3 Å². The second kappa shape index (κ2) is 7.14. The zero-order chi connectivity index (χ0) is 13.8. The Bertz CT molecular complexity index is 559. The predicted molar refractivity (Wildman–Crippen MR) is 97.6 cm³/mol. The molecule has 4 heteroatoms. The Hall–Kier alpha value is -1.26. The molecule has 0 aromatic heterocycles. The molecule has 0 aliphatic carbocycles. The summed E-state index contributed by atoms with van der Waals surface area (Å²) in [5.74, 6) is 1.03. The molecule has 0 radical (unpaired) electrons. The molecule has 0 fully saturated rings. The van der Waals surface area contributed by atoms with Crippen molar-refractivity contribution in [2.45, 2.75) is 12.5 Å². The molecule has 0 spiro atoms. The van der Waals surface area contributed by atoms with E-state index in [0.29, 0.717) is 0 Å². The Labute approximate surface area is 140 Å². The Morgan fingerprint density at radius 3 is 2.00 bits per heavy atom. The summed E-state index contributed by atoms with van der Waals surface area (Å²) in [7, 11) is 0. The van der Waals surface area contributed by atoms with E-state index in [4.69, 9.17) is 4.99 Å². The van der Waals surface area contributed by atoms with E-state index in [1.54, 1.807) is 11.8 Å². The Morgan fingerprint density at radius 1 is 1.00 bits per heavy atom. The molecule has 0 saturated heterocycles. The maximum Gasteiger partial charge on any atom is 0.157 e. The monoisotopic (exact) mass is 362 g/mol. The van der Waals surface area contributed by atoms with Crippen LogP contribution in [0.5, 0.6) is 0 Å². The van der Waals surface area contributed by atoms with Crippen LogP contribution in [-0.2, 0) is 5.54 Å². The molecule has 0 bridgehead atoms.